The van der Waals surface area contributed by atoms with Crippen LogP contribution in [-0.4, -0.2) is 31.7 Å². The number of carbonyl (C=O) groups excluding carboxylic acids is 1. The van der Waals surface area contributed by atoms with Crippen LogP contribution in [0.3, 0.4) is 0 Å². The molecule has 0 atom stereocenters. The quantitative estimate of drug-likeness (QED) is 0.637. The Hall–Kier alpha value is -0.610. The van der Waals surface area contributed by atoms with Crippen molar-refractivity contribution in [1.82, 2.24) is 5.32 Å². The first-order chi connectivity index (χ1) is 6.64. The molecule has 0 radical (unpaired) electrons. The molecular weight excluding hydrogens is 180 g/mol. The number of carbonyl (C=O) groups is 1. The van der Waals surface area contributed by atoms with Crippen molar-refractivity contribution < 1.29 is 9.53 Å². The van der Waals surface area contributed by atoms with E-state index in [9.17, 15) is 4.79 Å². The Morgan fingerprint density at radius 1 is 1.43 bits per heavy atom. The molecule has 3 N–H and O–H groups in total. The minimum atomic E-state index is -0.242. The van der Waals surface area contributed by atoms with Crippen LogP contribution < -0.4 is 11.1 Å². The highest BCUT2D eigenvalue weighted by molar-refractivity contribution is 5.75. The first-order valence-corrected chi connectivity index (χ1v) is 5.18. The average molecular weight is 202 g/mol. The first kappa shape index (κ1) is 13.4. The Morgan fingerprint density at radius 3 is 2.36 bits per heavy atom. The predicted molar refractivity (Wildman–Crippen MR) is 57.0 cm³/mol. The maximum Gasteiger partial charge on any atom is 0.222 e. The van der Waals surface area contributed by atoms with Crippen LogP contribution in [0.25, 0.3) is 0 Å². The molecule has 0 spiro atoms. The van der Waals surface area contributed by atoms with Crippen molar-refractivity contribution in [1.29, 1.82) is 0 Å². The van der Waals surface area contributed by atoms with E-state index in [0.717, 1.165) is 12.8 Å². The number of nitrogens with one attached hydrogen (secondary N) is 1. The third-order valence-corrected chi connectivity index (χ3v) is 2.68. The summed E-state index contributed by atoms with van der Waals surface area (Å²) in [7, 11) is 1.62. The lowest BCUT2D eigenvalue weighted by Gasteiger charge is -2.30. The molecule has 0 bridgehead atoms. The van der Waals surface area contributed by atoms with Crippen molar-refractivity contribution in [3.05, 3.63) is 0 Å². The van der Waals surface area contributed by atoms with Crippen molar-refractivity contribution >= 4 is 5.91 Å². The molecule has 0 unspecified atom stereocenters. The van der Waals surface area contributed by atoms with Gasteiger partial charge in [-0.05, 0) is 12.8 Å². The summed E-state index contributed by atoms with van der Waals surface area (Å²) >= 11 is 0. The van der Waals surface area contributed by atoms with Gasteiger partial charge in [0.1, 0.15) is 0 Å². The van der Waals surface area contributed by atoms with Crippen molar-refractivity contribution in [2.75, 3.05) is 20.2 Å². The van der Waals surface area contributed by atoms with Crippen LogP contribution >= 0.6 is 0 Å². The summed E-state index contributed by atoms with van der Waals surface area (Å²) in [5, 5.41) is 2.56. The van der Waals surface area contributed by atoms with E-state index in [1.54, 1.807) is 7.05 Å². The summed E-state index contributed by atoms with van der Waals surface area (Å²) in [5.41, 5.74) is 5.41. The van der Waals surface area contributed by atoms with E-state index in [1.165, 1.54) is 0 Å². The summed E-state index contributed by atoms with van der Waals surface area (Å²) < 4.78 is 5.66. The van der Waals surface area contributed by atoms with E-state index in [2.05, 4.69) is 19.2 Å². The Kier molecular flexibility index (Phi) is 6.49. The molecule has 4 nitrogen and oxygen atoms in total. The van der Waals surface area contributed by atoms with Crippen molar-refractivity contribution in [3.63, 3.8) is 0 Å². The van der Waals surface area contributed by atoms with Gasteiger partial charge in [-0.1, -0.05) is 13.8 Å². The molecule has 1 amide bonds. The first-order valence-electron chi connectivity index (χ1n) is 5.18. The van der Waals surface area contributed by atoms with E-state index in [4.69, 9.17) is 10.5 Å². The molecule has 0 fully saturated rings. The van der Waals surface area contributed by atoms with Crippen LogP contribution in [0.4, 0.5) is 0 Å². The highest BCUT2D eigenvalue weighted by atomic mass is 16.5. The fourth-order valence-corrected chi connectivity index (χ4v) is 1.29. The molecule has 0 saturated carbocycles. The molecular formula is C10H22N2O2. The zero-order valence-corrected chi connectivity index (χ0v) is 9.43. The van der Waals surface area contributed by atoms with Gasteiger partial charge in [0.05, 0.1) is 12.2 Å². The molecule has 0 aromatic heterocycles. The maximum atomic E-state index is 10.9. The number of nitrogens with two attached hydrogens (primary N) is 1. The fourth-order valence-electron chi connectivity index (χ4n) is 1.29. The van der Waals surface area contributed by atoms with Gasteiger partial charge in [0.15, 0.2) is 0 Å². The second-order valence-electron chi connectivity index (χ2n) is 3.37. The number of rotatable bonds is 7. The maximum absolute atomic E-state index is 10.9. The number of amides is 1. The highest BCUT2D eigenvalue weighted by Crippen LogP contribution is 2.18. The predicted octanol–water partition coefficient (Wildman–Crippen LogP) is 0.657. The van der Waals surface area contributed by atoms with Gasteiger partial charge in [-0.15, -0.1) is 0 Å². The van der Waals surface area contributed by atoms with Gasteiger partial charge in [-0.25, -0.2) is 0 Å². The van der Waals surface area contributed by atoms with Crippen LogP contribution in [0.15, 0.2) is 0 Å². The normalized spacial score (nSPS) is 11.4. The Balaban J connectivity index is 3.88. The zero-order chi connectivity index (χ0) is 11.0. The molecule has 0 saturated heterocycles. The van der Waals surface area contributed by atoms with Crippen LogP contribution in [0.1, 0.15) is 33.1 Å². The minimum Gasteiger partial charge on any atom is -0.373 e. The molecule has 0 aliphatic rings. The lowest BCUT2D eigenvalue weighted by molar-refractivity contribution is -0.123. The molecule has 0 aromatic carbocycles. The van der Waals surface area contributed by atoms with E-state index in [0.29, 0.717) is 19.6 Å². The van der Waals surface area contributed by atoms with Crippen molar-refractivity contribution in [2.24, 2.45) is 5.73 Å². The smallest absolute Gasteiger partial charge is 0.222 e. The number of hydrogen-bond donors (Lipinski definition) is 2. The summed E-state index contributed by atoms with van der Waals surface area (Å²) in [4.78, 5) is 10.9. The van der Waals surface area contributed by atoms with Crippen molar-refractivity contribution in [3.8, 4) is 0 Å². The van der Waals surface area contributed by atoms with Gasteiger partial charge >= 0.3 is 0 Å². The van der Waals surface area contributed by atoms with Gasteiger partial charge in [-0.2, -0.15) is 0 Å². The van der Waals surface area contributed by atoms with Gasteiger partial charge in [0.25, 0.3) is 0 Å². The fraction of sp³-hybridized carbons (Fsp3) is 0.900. The van der Waals surface area contributed by atoms with Gasteiger partial charge in [-0.3, -0.25) is 4.79 Å². The van der Waals surface area contributed by atoms with E-state index >= 15 is 0 Å². The van der Waals surface area contributed by atoms with Gasteiger partial charge < -0.3 is 15.8 Å². The van der Waals surface area contributed by atoms with Crippen molar-refractivity contribution in [2.45, 2.75) is 38.7 Å². The van der Waals surface area contributed by atoms with Gasteiger partial charge in [0.2, 0.25) is 5.91 Å². The molecule has 84 valence electrons. The topological polar surface area (TPSA) is 64.3 Å². The molecule has 0 heterocycles. The van der Waals surface area contributed by atoms with Crippen LogP contribution in [0.5, 0.6) is 0 Å². The lowest BCUT2D eigenvalue weighted by Crippen LogP contribution is -2.40. The minimum absolute atomic E-state index is 0.00290. The molecule has 0 aromatic rings. The van der Waals surface area contributed by atoms with Crippen LogP contribution in [-0.2, 0) is 9.53 Å². The highest BCUT2D eigenvalue weighted by Gasteiger charge is 2.24. The molecule has 14 heavy (non-hydrogen) atoms. The standard InChI is InChI=1S/C10H22N2O2/c1-4-10(5-2,8-11)14-7-6-9(13)12-3/h4-8,11H2,1-3H3,(H,12,13). The Morgan fingerprint density at radius 2 is 2.00 bits per heavy atom. The van der Waals surface area contributed by atoms with Gasteiger partial charge in [0, 0.05) is 20.0 Å². The second-order valence-corrected chi connectivity index (χ2v) is 3.37. The van der Waals surface area contributed by atoms with E-state index < -0.39 is 0 Å². The number of hydrogen-bond acceptors (Lipinski definition) is 3. The molecule has 0 rings (SSSR count). The third kappa shape index (κ3) is 4.07. The summed E-state index contributed by atoms with van der Waals surface area (Å²) in [5.74, 6) is 0.00290. The largest absolute Gasteiger partial charge is 0.373 e. The van der Waals surface area contributed by atoms with Crippen LogP contribution in [0.2, 0.25) is 0 Å². The molecule has 0 aliphatic carbocycles. The lowest BCUT2D eigenvalue weighted by atomic mass is 9.97. The average Bonchev–Trinajstić information content (AvgIpc) is 2.25. The molecule has 0 aliphatic heterocycles. The zero-order valence-electron chi connectivity index (χ0n) is 9.43. The third-order valence-electron chi connectivity index (χ3n) is 2.68. The second kappa shape index (κ2) is 6.79. The SMILES string of the molecule is CCC(CC)(CN)OCCC(=O)NC. The molecule has 4 heteroatoms. The Labute approximate surface area is 86.2 Å². The summed E-state index contributed by atoms with van der Waals surface area (Å²) in [6, 6.07) is 0. The van der Waals surface area contributed by atoms with E-state index in [-0.39, 0.29) is 11.5 Å². The number of ether oxygens (including phenoxy) is 1. The van der Waals surface area contributed by atoms with Crippen LogP contribution in [0, 0.1) is 0 Å². The summed E-state index contributed by atoms with van der Waals surface area (Å²) in [6.07, 6.45) is 2.17. The summed E-state index contributed by atoms with van der Waals surface area (Å²) in [6.45, 7) is 5.05. The Bertz CT molecular complexity index is 159. The monoisotopic (exact) mass is 202 g/mol. The van der Waals surface area contributed by atoms with E-state index in [1.807, 2.05) is 0 Å².